The summed E-state index contributed by atoms with van der Waals surface area (Å²) in [5.74, 6) is -2.25. The Bertz CT molecular complexity index is 1020. The molecule has 126 valence electrons. The van der Waals surface area contributed by atoms with Gasteiger partial charge >= 0.3 is 0 Å². The summed E-state index contributed by atoms with van der Waals surface area (Å²) in [6.07, 6.45) is 0. The maximum Gasteiger partial charge on any atom is 0.243 e. The molecular weight excluding hydrogens is 360 g/mol. The van der Waals surface area contributed by atoms with Crippen molar-refractivity contribution >= 4 is 21.4 Å². The van der Waals surface area contributed by atoms with Gasteiger partial charge in [0.2, 0.25) is 10.0 Å². The molecule has 2 aromatic heterocycles. The number of hydrogen-bond acceptors (Lipinski definition) is 6. The number of primary sulfonamides is 1. The largest absolute Gasteiger partial charge is 0.360 e. The number of benzene rings is 1. The van der Waals surface area contributed by atoms with Crippen LogP contribution in [0.25, 0.3) is 22.5 Å². The second-order valence-corrected chi connectivity index (χ2v) is 7.59. The van der Waals surface area contributed by atoms with Crippen molar-refractivity contribution in [3.8, 4) is 22.5 Å². The highest BCUT2D eigenvalue weighted by Crippen LogP contribution is 2.36. The summed E-state index contributed by atoms with van der Waals surface area (Å²) in [5, 5.41) is 11.2. The van der Waals surface area contributed by atoms with Crippen molar-refractivity contribution in [1.82, 2.24) is 10.1 Å². The lowest BCUT2D eigenvalue weighted by molar-refractivity contribution is 0.400. The number of rotatable bonds is 3. The Hall–Kier alpha value is -2.17. The molecule has 3 aromatic rings. The highest BCUT2D eigenvalue weighted by Gasteiger charge is 2.25. The molecule has 0 unspecified atom stereocenters. The minimum absolute atomic E-state index is 0.0804. The van der Waals surface area contributed by atoms with Gasteiger partial charge in [0.25, 0.3) is 0 Å². The molecule has 0 atom stereocenters. The maximum absolute atomic E-state index is 14.1. The summed E-state index contributed by atoms with van der Waals surface area (Å²) in [6.45, 7) is 3.38. The van der Waals surface area contributed by atoms with Crippen molar-refractivity contribution in [1.29, 1.82) is 0 Å². The van der Waals surface area contributed by atoms with Crippen molar-refractivity contribution < 1.29 is 21.7 Å². The second kappa shape index (κ2) is 5.72. The van der Waals surface area contributed by atoms with E-state index < -0.39 is 26.6 Å². The first-order valence-corrected chi connectivity index (χ1v) is 9.02. The van der Waals surface area contributed by atoms with E-state index in [0.717, 1.165) is 17.1 Å². The normalized spacial score (nSPS) is 11.9. The zero-order valence-electron chi connectivity index (χ0n) is 12.5. The van der Waals surface area contributed by atoms with Gasteiger partial charge in [0, 0.05) is 5.38 Å². The fourth-order valence-corrected chi connectivity index (χ4v) is 3.59. The van der Waals surface area contributed by atoms with Crippen LogP contribution in [0.3, 0.4) is 0 Å². The van der Waals surface area contributed by atoms with E-state index in [4.69, 9.17) is 9.66 Å². The number of nitrogens with zero attached hydrogens (tertiary/aromatic N) is 2. The van der Waals surface area contributed by atoms with E-state index >= 15 is 0 Å². The van der Waals surface area contributed by atoms with Crippen LogP contribution in [0.1, 0.15) is 10.8 Å². The molecule has 0 saturated heterocycles. The first-order valence-electron chi connectivity index (χ1n) is 6.59. The van der Waals surface area contributed by atoms with Gasteiger partial charge in [0.05, 0.1) is 10.6 Å². The molecule has 10 heteroatoms. The number of thiazole rings is 1. The molecule has 3 rings (SSSR count). The Balaban J connectivity index is 2.23. The first kappa shape index (κ1) is 16.7. The maximum atomic E-state index is 14.1. The molecule has 0 amide bonds. The molecule has 1 aromatic carbocycles. The van der Waals surface area contributed by atoms with Gasteiger partial charge in [-0.3, -0.25) is 0 Å². The molecule has 0 saturated carbocycles. The van der Waals surface area contributed by atoms with Gasteiger partial charge in [-0.25, -0.2) is 27.3 Å². The fraction of sp³-hybridized carbons (Fsp3) is 0.143. The second-order valence-electron chi connectivity index (χ2n) is 5.03. The zero-order chi connectivity index (χ0) is 17.6. The van der Waals surface area contributed by atoms with Crippen LogP contribution in [0.5, 0.6) is 0 Å². The Morgan fingerprint density at radius 1 is 1.21 bits per heavy atom. The zero-order valence-corrected chi connectivity index (χ0v) is 14.1. The van der Waals surface area contributed by atoms with Gasteiger partial charge in [-0.1, -0.05) is 5.16 Å². The number of aromatic nitrogens is 2. The van der Waals surface area contributed by atoms with Crippen LogP contribution in [0.4, 0.5) is 8.78 Å². The number of hydrogen-bond donors (Lipinski definition) is 1. The summed E-state index contributed by atoms with van der Waals surface area (Å²) in [4.78, 5) is 3.10. The van der Waals surface area contributed by atoms with Crippen molar-refractivity contribution in [3.05, 3.63) is 39.9 Å². The monoisotopic (exact) mass is 371 g/mol. The standard InChI is InChI=1S/C14H11F2N3O3S2/c1-6-12(13(19-22-6)11-5-23-7(2)18-11)8-3-9(15)14(10(16)4-8)24(17,20)21/h3-5H,1-2H3,(H2,17,20,21). The Morgan fingerprint density at radius 3 is 2.33 bits per heavy atom. The van der Waals surface area contributed by atoms with E-state index in [1.807, 2.05) is 0 Å². The topological polar surface area (TPSA) is 99.1 Å². The number of aryl methyl sites for hydroxylation is 2. The van der Waals surface area contributed by atoms with Gasteiger partial charge in [-0.05, 0) is 31.5 Å². The summed E-state index contributed by atoms with van der Waals surface area (Å²) < 4.78 is 55.9. The van der Waals surface area contributed by atoms with Crippen LogP contribution in [0.15, 0.2) is 26.9 Å². The minimum atomic E-state index is -4.52. The van der Waals surface area contributed by atoms with Crippen LogP contribution in [-0.4, -0.2) is 18.6 Å². The van der Waals surface area contributed by atoms with Crippen LogP contribution < -0.4 is 5.14 Å². The lowest BCUT2D eigenvalue weighted by atomic mass is 10.0. The molecule has 0 aliphatic heterocycles. The van der Waals surface area contributed by atoms with Crippen LogP contribution in [-0.2, 0) is 10.0 Å². The average Bonchev–Trinajstić information content (AvgIpc) is 3.02. The summed E-state index contributed by atoms with van der Waals surface area (Å²) in [7, 11) is -4.52. The van der Waals surface area contributed by atoms with Gasteiger partial charge in [-0.15, -0.1) is 11.3 Å². The quantitative estimate of drug-likeness (QED) is 0.763. The van der Waals surface area contributed by atoms with E-state index in [-0.39, 0.29) is 5.56 Å². The fourth-order valence-electron chi connectivity index (χ4n) is 2.34. The Labute approximate surface area is 140 Å². The third kappa shape index (κ3) is 2.83. The Kier molecular flexibility index (Phi) is 3.98. The molecule has 0 aliphatic carbocycles. The third-order valence-corrected chi connectivity index (χ3v) is 5.03. The molecule has 0 aliphatic rings. The van der Waals surface area contributed by atoms with Gasteiger partial charge in [0.1, 0.15) is 28.8 Å². The lowest BCUT2D eigenvalue weighted by Gasteiger charge is -2.07. The van der Waals surface area contributed by atoms with E-state index in [1.54, 1.807) is 19.2 Å². The van der Waals surface area contributed by atoms with Gasteiger partial charge in [-0.2, -0.15) is 0 Å². The highest BCUT2D eigenvalue weighted by molar-refractivity contribution is 7.89. The average molecular weight is 371 g/mol. The number of sulfonamides is 1. The molecule has 0 fully saturated rings. The van der Waals surface area contributed by atoms with Crippen LogP contribution in [0, 0.1) is 25.5 Å². The van der Waals surface area contributed by atoms with E-state index in [1.165, 1.54) is 11.3 Å². The minimum Gasteiger partial charge on any atom is -0.360 e. The predicted octanol–water partition coefficient (Wildman–Crippen LogP) is 3.01. The van der Waals surface area contributed by atoms with E-state index in [0.29, 0.717) is 22.7 Å². The number of nitrogens with two attached hydrogens (primary N) is 1. The predicted molar refractivity (Wildman–Crippen MR) is 83.8 cm³/mol. The van der Waals surface area contributed by atoms with Gasteiger partial charge in [0.15, 0.2) is 4.90 Å². The molecule has 6 nitrogen and oxygen atoms in total. The lowest BCUT2D eigenvalue weighted by Crippen LogP contribution is -2.16. The first-order chi connectivity index (χ1) is 11.2. The van der Waals surface area contributed by atoms with Gasteiger partial charge < -0.3 is 4.52 Å². The molecule has 2 heterocycles. The van der Waals surface area contributed by atoms with Crippen molar-refractivity contribution in [2.75, 3.05) is 0 Å². The molecule has 24 heavy (non-hydrogen) atoms. The van der Waals surface area contributed by atoms with Crippen molar-refractivity contribution in [2.45, 2.75) is 18.7 Å². The molecule has 2 N–H and O–H groups in total. The SMILES string of the molecule is Cc1nc(-c2noc(C)c2-c2cc(F)c(S(N)(=O)=O)c(F)c2)cs1. The summed E-state index contributed by atoms with van der Waals surface area (Å²) >= 11 is 1.39. The molecule has 0 bridgehead atoms. The summed E-state index contributed by atoms with van der Waals surface area (Å²) in [6, 6.07) is 1.76. The molecule has 0 radical (unpaired) electrons. The van der Waals surface area contributed by atoms with E-state index in [9.17, 15) is 17.2 Å². The Morgan fingerprint density at radius 2 is 1.83 bits per heavy atom. The third-order valence-electron chi connectivity index (χ3n) is 3.30. The van der Waals surface area contributed by atoms with Crippen LogP contribution in [0.2, 0.25) is 0 Å². The smallest absolute Gasteiger partial charge is 0.243 e. The van der Waals surface area contributed by atoms with Crippen molar-refractivity contribution in [3.63, 3.8) is 0 Å². The highest BCUT2D eigenvalue weighted by atomic mass is 32.2. The number of halogens is 2. The molecular formula is C14H11F2N3O3S2. The molecule has 0 spiro atoms. The van der Waals surface area contributed by atoms with E-state index in [2.05, 4.69) is 10.1 Å². The van der Waals surface area contributed by atoms with Crippen LogP contribution >= 0.6 is 11.3 Å². The summed E-state index contributed by atoms with van der Waals surface area (Å²) in [5.41, 5.74) is 1.23. The van der Waals surface area contributed by atoms with Crippen molar-refractivity contribution in [2.24, 2.45) is 5.14 Å².